The van der Waals surface area contributed by atoms with E-state index in [1.165, 1.54) is 24.3 Å². The number of anilines is 2. The van der Waals surface area contributed by atoms with Gasteiger partial charge in [-0.3, -0.25) is 9.52 Å². The standard InChI is InChI=1S/C20H12N2O5S/c23-18-9-4-11-10-12(5-7-16(11)27-18)22-28(25,26)17-8-6-15-19-13(17)2-1-3-14(19)20(24)21-15/h1-10,22H,(H,21,24). The average molecular weight is 392 g/mol. The van der Waals surface area contributed by atoms with Gasteiger partial charge in [-0.2, -0.15) is 0 Å². The number of sulfonamides is 1. The molecule has 2 N–H and O–H groups in total. The molecule has 0 saturated heterocycles. The molecule has 1 aromatic heterocycles. The van der Waals surface area contributed by atoms with Crippen LogP contribution in [0.1, 0.15) is 10.4 Å². The minimum absolute atomic E-state index is 0.0734. The van der Waals surface area contributed by atoms with Crippen LogP contribution in [0.5, 0.6) is 0 Å². The molecule has 1 aliphatic heterocycles. The molecule has 0 fully saturated rings. The normalized spacial score (nSPS) is 13.1. The second kappa shape index (κ2) is 5.67. The Morgan fingerprint density at radius 1 is 0.929 bits per heavy atom. The van der Waals surface area contributed by atoms with E-state index in [2.05, 4.69) is 10.0 Å². The monoisotopic (exact) mass is 392 g/mol. The van der Waals surface area contributed by atoms with E-state index < -0.39 is 15.6 Å². The van der Waals surface area contributed by atoms with Crippen molar-refractivity contribution in [1.29, 1.82) is 0 Å². The van der Waals surface area contributed by atoms with Crippen molar-refractivity contribution < 1.29 is 17.6 Å². The van der Waals surface area contributed by atoms with Gasteiger partial charge in [-0.1, -0.05) is 12.1 Å². The van der Waals surface area contributed by atoms with E-state index in [0.29, 0.717) is 38.7 Å². The maximum Gasteiger partial charge on any atom is 0.336 e. The second-order valence-electron chi connectivity index (χ2n) is 6.41. The molecular weight excluding hydrogens is 380 g/mol. The highest BCUT2D eigenvalue weighted by Gasteiger charge is 2.26. The Kier molecular flexibility index (Phi) is 3.35. The van der Waals surface area contributed by atoms with Gasteiger partial charge < -0.3 is 9.73 Å². The lowest BCUT2D eigenvalue weighted by atomic mass is 10.1. The van der Waals surface area contributed by atoms with E-state index in [4.69, 9.17) is 4.42 Å². The van der Waals surface area contributed by atoms with E-state index in [0.717, 1.165) is 0 Å². The van der Waals surface area contributed by atoms with E-state index in [-0.39, 0.29) is 10.8 Å². The van der Waals surface area contributed by atoms with Crippen LogP contribution >= 0.6 is 0 Å². The third-order valence-electron chi connectivity index (χ3n) is 4.65. The molecule has 0 spiro atoms. The van der Waals surface area contributed by atoms with Crippen molar-refractivity contribution in [3.8, 4) is 0 Å². The summed E-state index contributed by atoms with van der Waals surface area (Å²) in [4.78, 5) is 23.4. The molecule has 8 heteroatoms. The summed E-state index contributed by atoms with van der Waals surface area (Å²) in [5.41, 5.74) is 1.27. The Morgan fingerprint density at radius 2 is 1.79 bits per heavy atom. The molecule has 0 unspecified atom stereocenters. The molecule has 0 atom stereocenters. The summed E-state index contributed by atoms with van der Waals surface area (Å²) < 4.78 is 33.7. The Balaban J connectivity index is 1.62. The fourth-order valence-electron chi connectivity index (χ4n) is 3.44. The molecule has 28 heavy (non-hydrogen) atoms. The lowest BCUT2D eigenvalue weighted by Crippen LogP contribution is -2.13. The number of carbonyl (C=O) groups excluding carboxylic acids is 1. The SMILES string of the molecule is O=C1Nc2ccc(S(=O)(=O)Nc3ccc4oc(=O)ccc4c3)c3cccc1c23. The molecule has 5 rings (SSSR count). The van der Waals surface area contributed by atoms with Crippen LogP contribution in [-0.4, -0.2) is 14.3 Å². The number of hydrogen-bond acceptors (Lipinski definition) is 5. The molecule has 1 amide bonds. The van der Waals surface area contributed by atoms with Gasteiger partial charge in [0.15, 0.2) is 0 Å². The first-order valence-corrected chi connectivity index (χ1v) is 9.84. The van der Waals surface area contributed by atoms with Gasteiger partial charge in [0.2, 0.25) is 0 Å². The van der Waals surface area contributed by atoms with Gasteiger partial charge in [0.25, 0.3) is 15.9 Å². The topological polar surface area (TPSA) is 105 Å². The van der Waals surface area contributed by atoms with Crippen LogP contribution in [0.15, 0.2) is 74.8 Å². The molecule has 0 radical (unpaired) electrons. The molecule has 4 aromatic rings. The molecule has 0 bridgehead atoms. The number of carbonyl (C=O) groups is 1. The van der Waals surface area contributed by atoms with Crippen LogP contribution in [0.4, 0.5) is 11.4 Å². The average Bonchev–Trinajstić information content (AvgIpc) is 2.99. The molecule has 3 aromatic carbocycles. The van der Waals surface area contributed by atoms with E-state index in [9.17, 15) is 18.0 Å². The van der Waals surface area contributed by atoms with Crippen LogP contribution < -0.4 is 15.7 Å². The van der Waals surface area contributed by atoms with Crippen molar-refractivity contribution in [2.24, 2.45) is 0 Å². The third kappa shape index (κ3) is 2.46. The predicted octanol–water partition coefficient (Wildman–Crippen LogP) is 3.31. The molecule has 0 aliphatic carbocycles. The van der Waals surface area contributed by atoms with Gasteiger partial charge in [0.1, 0.15) is 5.58 Å². The summed E-state index contributed by atoms with van der Waals surface area (Å²) in [6.07, 6.45) is 0. The fraction of sp³-hybridized carbons (Fsp3) is 0. The van der Waals surface area contributed by atoms with Crippen LogP contribution in [0.2, 0.25) is 0 Å². The van der Waals surface area contributed by atoms with Crippen molar-refractivity contribution >= 4 is 49.0 Å². The molecule has 2 heterocycles. The number of fused-ring (bicyclic) bond motifs is 1. The van der Waals surface area contributed by atoms with Gasteiger partial charge >= 0.3 is 5.63 Å². The summed E-state index contributed by atoms with van der Waals surface area (Å²) >= 11 is 0. The zero-order chi connectivity index (χ0) is 19.5. The number of nitrogens with one attached hydrogen (secondary N) is 2. The highest BCUT2D eigenvalue weighted by atomic mass is 32.2. The lowest BCUT2D eigenvalue weighted by molar-refractivity contribution is 0.103. The van der Waals surface area contributed by atoms with E-state index >= 15 is 0 Å². The largest absolute Gasteiger partial charge is 0.423 e. The van der Waals surface area contributed by atoms with Gasteiger partial charge in [0.05, 0.1) is 4.90 Å². The zero-order valence-corrected chi connectivity index (χ0v) is 15.0. The Hall–Kier alpha value is -3.65. The van der Waals surface area contributed by atoms with Gasteiger partial charge in [0, 0.05) is 39.2 Å². The van der Waals surface area contributed by atoms with Crippen molar-refractivity contribution in [1.82, 2.24) is 0 Å². The van der Waals surface area contributed by atoms with E-state index in [1.807, 2.05) is 0 Å². The van der Waals surface area contributed by atoms with Crippen molar-refractivity contribution in [3.05, 3.63) is 76.6 Å². The lowest BCUT2D eigenvalue weighted by Gasteiger charge is -2.12. The van der Waals surface area contributed by atoms with Gasteiger partial charge in [-0.05, 0) is 42.5 Å². The fourth-order valence-corrected chi connectivity index (χ4v) is 4.70. The van der Waals surface area contributed by atoms with Crippen LogP contribution in [0.3, 0.4) is 0 Å². The summed E-state index contributed by atoms with van der Waals surface area (Å²) in [5.74, 6) is -0.251. The van der Waals surface area contributed by atoms with Crippen LogP contribution in [0, 0.1) is 0 Å². The number of benzene rings is 3. The minimum atomic E-state index is -3.92. The minimum Gasteiger partial charge on any atom is -0.423 e. The highest BCUT2D eigenvalue weighted by Crippen LogP contribution is 2.37. The molecule has 138 valence electrons. The predicted molar refractivity (Wildman–Crippen MR) is 105 cm³/mol. The summed E-state index contributed by atoms with van der Waals surface area (Å²) in [7, 11) is -3.92. The zero-order valence-electron chi connectivity index (χ0n) is 14.2. The quantitative estimate of drug-likeness (QED) is 0.521. The molecule has 0 saturated carbocycles. The first-order chi connectivity index (χ1) is 13.4. The molecule has 7 nitrogen and oxygen atoms in total. The van der Waals surface area contributed by atoms with E-state index in [1.54, 1.807) is 36.4 Å². The maximum absolute atomic E-state index is 13.0. The van der Waals surface area contributed by atoms with Crippen molar-refractivity contribution in [2.45, 2.75) is 4.90 Å². The Labute approximate surface area is 158 Å². The van der Waals surface area contributed by atoms with Crippen molar-refractivity contribution in [2.75, 3.05) is 10.0 Å². The summed E-state index contributed by atoms with van der Waals surface area (Å²) in [6.45, 7) is 0. The van der Waals surface area contributed by atoms with Gasteiger partial charge in [-0.15, -0.1) is 0 Å². The second-order valence-corrected chi connectivity index (χ2v) is 8.06. The molecular formula is C20H12N2O5S. The number of hydrogen-bond donors (Lipinski definition) is 2. The molecule has 1 aliphatic rings. The highest BCUT2D eigenvalue weighted by molar-refractivity contribution is 7.93. The number of rotatable bonds is 3. The Morgan fingerprint density at radius 3 is 2.64 bits per heavy atom. The Bertz CT molecular complexity index is 1470. The smallest absolute Gasteiger partial charge is 0.336 e. The first-order valence-electron chi connectivity index (χ1n) is 8.36. The summed E-state index contributed by atoms with van der Waals surface area (Å²) in [5, 5.41) is 4.39. The van der Waals surface area contributed by atoms with Gasteiger partial charge in [-0.25, -0.2) is 13.2 Å². The third-order valence-corrected chi connectivity index (χ3v) is 6.09. The number of amides is 1. The van der Waals surface area contributed by atoms with Crippen molar-refractivity contribution in [3.63, 3.8) is 0 Å². The first kappa shape index (κ1) is 16.5. The van der Waals surface area contributed by atoms with Crippen LogP contribution in [0.25, 0.3) is 21.7 Å². The summed E-state index contributed by atoms with van der Waals surface area (Å²) in [6, 6.07) is 15.5. The van der Waals surface area contributed by atoms with Crippen LogP contribution in [-0.2, 0) is 10.0 Å². The maximum atomic E-state index is 13.0.